The first-order chi connectivity index (χ1) is 14.5. The van der Waals surface area contributed by atoms with Crippen LogP contribution in [0, 0.1) is 16.7 Å². The summed E-state index contributed by atoms with van der Waals surface area (Å²) in [5.41, 5.74) is 2.66. The highest BCUT2D eigenvalue weighted by Gasteiger charge is 2.41. The molecule has 32 heavy (non-hydrogen) atoms. The number of amides is 1. The lowest BCUT2D eigenvalue weighted by Crippen LogP contribution is -2.45. The van der Waals surface area contributed by atoms with E-state index in [4.69, 9.17) is 11.6 Å². The van der Waals surface area contributed by atoms with Gasteiger partial charge in [-0.3, -0.25) is 9.59 Å². The van der Waals surface area contributed by atoms with Gasteiger partial charge in [0.05, 0.1) is 6.42 Å². The highest BCUT2D eigenvalue weighted by molar-refractivity contribution is 6.31. The number of hydrogen-bond donors (Lipinski definition) is 1. The number of nitrogens with zero attached hydrogens (tertiary/aromatic N) is 1. The van der Waals surface area contributed by atoms with E-state index in [0.29, 0.717) is 13.0 Å². The van der Waals surface area contributed by atoms with Crippen LogP contribution in [0.3, 0.4) is 0 Å². The van der Waals surface area contributed by atoms with Crippen LogP contribution in [0.4, 0.5) is 0 Å². The van der Waals surface area contributed by atoms with Gasteiger partial charge in [-0.05, 0) is 52.4 Å². The molecular formula is C27H40ClNO3. The van der Waals surface area contributed by atoms with Gasteiger partial charge in [0.15, 0.2) is 0 Å². The average Bonchev–Trinajstić information content (AvgIpc) is 2.60. The van der Waals surface area contributed by atoms with Gasteiger partial charge in [-0.25, -0.2) is 0 Å². The predicted molar refractivity (Wildman–Crippen MR) is 132 cm³/mol. The maximum absolute atomic E-state index is 13.2. The molecule has 0 aromatic heterocycles. The predicted octanol–water partition coefficient (Wildman–Crippen LogP) is 6.85. The molecule has 2 rings (SSSR count). The number of aryl methyl sites for hydroxylation is 1. The van der Waals surface area contributed by atoms with Crippen molar-refractivity contribution in [2.75, 3.05) is 6.54 Å². The van der Waals surface area contributed by atoms with Crippen molar-refractivity contribution in [3.8, 4) is 0 Å². The highest BCUT2D eigenvalue weighted by atomic mass is 35.5. The van der Waals surface area contributed by atoms with E-state index >= 15 is 0 Å². The minimum atomic E-state index is -0.849. The van der Waals surface area contributed by atoms with Crippen molar-refractivity contribution >= 4 is 23.5 Å². The zero-order valence-corrected chi connectivity index (χ0v) is 21.8. The monoisotopic (exact) mass is 461 g/mol. The fourth-order valence-corrected chi connectivity index (χ4v) is 4.88. The number of halogens is 1. The minimum Gasteiger partial charge on any atom is -0.481 e. The summed E-state index contributed by atoms with van der Waals surface area (Å²) in [5.74, 6) is -0.598. The molecule has 1 aromatic carbocycles. The number of carbonyl (C=O) groups excluding carboxylic acids is 1. The Morgan fingerprint density at radius 2 is 1.84 bits per heavy atom. The molecule has 0 unspecified atom stereocenters. The van der Waals surface area contributed by atoms with Crippen molar-refractivity contribution in [1.82, 2.24) is 4.90 Å². The number of carboxylic acids is 1. The van der Waals surface area contributed by atoms with Crippen molar-refractivity contribution in [3.05, 3.63) is 46.1 Å². The molecule has 0 saturated heterocycles. The molecule has 4 nitrogen and oxygen atoms in total. The van der Waals surface area contributed by atoms with Crippen LogP contribution in [0.15, 0.2) is 30.0 Å². The molecule has 1 N–H and O–H groups in total. The number of benzene rings is 1. The highest BCUT2D eigenvalue weighted by Crippen LogP contribution is 2.44. The summed E-state index contributed by atoms with van der Waals surface area (Å²) >= 11 is 6.70. The van der Waals surface area contributed by atoms with Gasteiger partial charge in [-0.15, -0.1) is 0 Å². The Bertz CT molecular complexity index is 895. The summed E-state index contributed by atoms with van der Waals surface area (Å²) in [5, 5.41) is 9.97. The van der Waals surface area contributed by atoms with Crippen molar-refractivity contribution in [2.24, 2.45) is 16.7 Å². The lowest BCUT2D eigenvalue weighted by molar-refractivity contribution is -0.141. The summed E-state index contributed by atoms with van der Waals surface area (Å²) in [7, 11) is 0. The third kappa shape index (κ3) is 6.60. The first-order valence-corrected chi connectivity index (χ1v) is 11.9. The molecule has 1 aliphatic rings. The van der Waals surface area contributed by atoms with Gasteiger partial charge in [0.2, 0.25) is 5.91 Å². The van der Waals surface area contributed by atoms with Gasteiger partial charge in [0.25, 0.3) is 0 Å². The van der Waals surface area contributed by atoms with Crippen LogP contribution in [0.25, 0.3) is 0 Å². The second kappa shape index (κ2) is 9.59. The maximum atomic E-state index is 13.2. The van der Waals surface area contributed by atoms with E-state index < -0.39 is 16.8 Å². The molecule has 0 aliphatic carbocycles. The lowest BCUT2D eigenvalue weighted by Gasteiger charge is -2.43. The van der Waals surface area contributed by atoms with Crippen LogP contribution >= 0.6 is 11.6 Å². The number of carbonyl (C=O) groups is 2. The zero-order chi connectivity index (χ0) is 24.5. The van der Waals surface area contributed by atoms with Crippen molar-refractivity contribution < 1.29 is 14.7 Å². The Labute approximate surface area is 199 Å². The van der Waals surface area contributed by atoms with Crippen molar-refractivity contribution in [3.63, 3.8) is 0 Å². The SMILES string of the molecule is CC(C)C1=CN(CC(C)(C)CC(=O)O)C(=O)C[C@@]1(C)c1ccc(CCC(C)(C)C)c(Cl)c1. The van der Waals surface area contributed by atoms with E-state index in [2.05, 4.69) is 53.7 Å². The second-order valence-corrected chi connectivity index (χ2v) is 12.3. The molecule has 0 fully saturated rings. The minimum absolute atomic E-state index is 0.0169. The van der Waals surface area contributed by atoms with Gasteiger partial charge in [0, 0.05) is 29.6 Å². The molecule has 1 atom stereocenters. The van der Waals surface area contributed by atoms with Crippen LogP contribution in [-0.2, 0) is 21.4 Å². The Morgan fingerprint density at radius 3 is 2.34 bits per heavy atom. The molecule has 0 radical (unpaired) electrons. The molecule has 0 spiro atoms. The molecule has 178 valence electrons. The molecule has 0 bridgehead atoms. The van der Waals surface area contributed by atoms with Gasteiger partial charge in [-0.2, -0.15) is 0 Å². The van der Waals surface area contributed by atoms with Crippen LogP contribution in [0.5, 0.6) is 0 Å². The van der Waals surface area contributed by atoms with Crippen LogP contribution in [0.1, 0.15) is 85.8 Å². The fourth-order valence-electron chi connectivity index (χ4n) is 4.61. The van der Waals surface area contributed by atoms with Gasteiger partial charge < -0.3 is 10.0 Å². The quantitative estimate of drug-likeness (QED) is 0.460. The molecule has 5 heteroatoms. The number of hydrogen-bond acceptors (Lipinski definition) is 2. The number of aliphatic carboxylic acids is 1. The van der Waals surface area contributed by atoms with Gasteiger partial charge in [0.1, 0.15) is 0 Å². The van der Waals surface area contributed by atoms with Crippen LogP contribution < -0.4 is 0 Å². The van der Waals surface area contributed by atoms with E-state index in [1.54, 1.807) is 4.90 Å². The fraction of sp³-hybridized carbons (Fsp3) is 0.630. The topological polar surface area (TPSA) is 57.6 Å². The number of carboxylic acid groups (broad SMARTS) is 1. The molecule has 1 heterocycles. The van der Waals surface area contributed by atoms with E-state index in [9.17, 15) is 14.7 Å². The third-order valence-corrected chi connectivity index (χ3v) is 6.79. The third-order valence-electron chi connectivity index (χ3n) is 6.44. The van der Waals surface area contributed by atoms with Gasteiger partial charge in [-0.1, -0.05) is 79.1 Å². The molecule has 1 aromatic rings. The average molecular weight is 462 g/mol. The second-order valence-electron chi connectivity index (χ2n) is 11.9. The summed E-state index contributed by atoms with van der Waals surface area (Å²) in [6.07, 6.45) is 4.31. The lowest BCUT2D eigenvalue weighted by atomic mass is 9.68. The van der Waals surface area contributed by atoms with Crippen molar-refractivity contribution in [1.29, 1.82) is 0 Å². The molecular weight excluding hydrogens is 422 g/mol. The Kier molecular flexibility index (Phi) is 7.92. The van der Waals surface area contributed by atoms with E-state index in [1.807, 2.05) is 26.1 Å². The first kappa shape index (κ1) is 26.4. The zero-order valence-electron chi connectivity index (χ0n) is 21.0. The van der Waals surface area contributed by atoms with E-state index in [0.717, 1.165) is 29.0 Å². The largest absolute Gasteiger partial charge is 0.481 e. The van der Waals surface area contributed by atoms with E-state index in [-0.39, 0.29) is 23.7 Å². The van der Waals surface area contributed by atoms with Crippen LogP contribution in [0.2, 0.25) is 5.02 Å². The standard InChI is InChI=1S/C27H40ClNO3/c1-18(2)21-16-29(17-26(6,7)15-24(31)32)23(30)14-27(21,8)20-10-9-19(22(28)13-20)11-12-25(3,4)5/h9-10,13,16,18H,11-12,14-15,17H2,1-8H3,(H,31,32)/t27-/m0/s1. The molecule has 0 saturated carbocycles. The Balaban J connectivity index is 2.38. The normalized spacial score (nSPS) is 20.0. The van der Waals surface area contributed by atoms with E-state index in [1.165, 1.54) is 5.57 Å². The van der Waals surface area contributed by atoms with Crippen LogP contribution in [-0.4, -0.2) is 28.4 Å². The summed E-state index contributed by atoms with van der Waals surface area (Å²) < 4.78 is 0. The van der Waals surface area contributed by atoms with Gasteiger partial charge >= 0.3 is 5.97 Å². The first-order valence-electron chi connectivity index (χ1n) is 11.6. The summed E-state index contributed by atoms with van der Waals surface area (Å²) in [6, 6.07) is 6.27. The molecule has 1 aliphatic heterocycles. The number of rotatable bonds is 8. The summed E-state index contributed by atoms with van der Waals surface area (Å²) in [4.78, 5) is 26.1. The smallest absolute Gasteiger partial charge is 0.303 e. The molecule has 1 amide bonds. The van der Waals surface area contributed by atoms with Crippen molar-refractivity contribution in [2.45, 2.75) is 86.5 Å². The summed E-state index contributed by atoms with van der Waals surface area (Å²) in [6.45, 7) is 17.3. The Morgan fingerprint density at radius 1 is 1.22 bits per heavy atom. The maximum Gasteiger partial charge on any atom is 0.303 e. The Hall–Kier alpha value is -1.81. The number of allylic oxidation sites excluding steroid dienone is 1.